The molecule has 3 aliphatic rings. The van der Waals surface area contributed by atoms with Crippen molar-refractivity contribution >= 4 is 34.8 Å². The molecule has 0 nitrogen and oxygen atoms in total. The molecular weight excluding hydrogens is 287 g/mol. The van der Waals surface area contributed by atoms with Gasteiger partial charge in [-0.25, -0.2) is 0 Å². The third-order valence-corrected chi connectivity index (χ3v) is 7.18. The van der Waals surface area contributed by atoms with Crippen molar-refractivity contribution < 1.29 is 0 Å². The molecule has 3 aliphatic carbocycles. The van der Waals surface area contributed by atoms with Crippen molar-refractivity contribution in [3.63, 3.8) is 0 Å². The molecule has 3 saturated carbocycles. The highest BCUT2D eigenvalue weighted by Crippen LogP contribution is 2.57. The van der Waals surface area contributed by atoms with Gasteiger partial charge in [-0.3, -0.25) is 0 Å². The molecule has 18 heavy (non-hydrogen) atoms. The second-order valence-electron chi connectivity index (χ2n) is 7.00. The van der Waals surface area contributed by atoms with E-state index in [1.165, 1.54) is 57.8 Å². The van der Waals surface area contributed by atoms with Gasteiger partial charge in [-0.15, -0.1) is 34.8 Å². The van der Waals surface area contributed by atoms with Crippen LogP contribution in [0.3, 0.4) is 0 Å². The van der Waals surface area contributed by atoms with Crippen molar-refractivity contribution in [3.8, 4) is 0 Å². The maximum Gasteiger partial charge on any atom is 0.0476 e. The summed E-state index contributed by atoms with van der Waals surface area (Å²) in [5, 5.41) is 0. The molecule has 1 unspecified atom stereocenters. The molecule has 0 aromatic heterocycles. The minimum absolute atomic E-state index is 0.00194. The van der Waals surface area contributed by atoms with Gasteiger partial charge in [-0.2, -0.15) is 0 Å². The van der Waals surface area contributed by atoms with Crippen LogP contribution in [0.25, 0.3) is 0 Å². The van der Waals surface area contributed by atoms with Crippen molar-refractivity contribution in [1.82, 2.24) is 0 Å². The van der Waals surface area contributed by atoms with E-state index in [4.69, 9.17) is 34.8 Å². The summed E-state index contributed by atoms with van der Waals surface area (Å²) in [4.78, 5) is 0.130. The van der Waals surface area contributed by atoms with Gasteiger partial charge in [0.2, 0.25) is 0 Å². The second-order valence-corrected chi connectivity index (χ2v) is 9.36. The Hall–Kier alpha value is 0.870. The smallest absolute Gasteiger partial charge is 0.0476 e. The number of alkyl halides is 3. The van der Waals surface area contributed by atoms with Gasteiger partial charge in [-0.05, 0) is 63.7 Å². The SMILES string of the molecule is ClC1(CC(CC2(Cl)CC2)C2(Cl)CCCC2)CCC1. The first-order valence-corrected chi connectivity index (χ1v) is 8.63. The Labute approximate surface area is 126 Å². The number of hydrogen-bond acceptors (Lipinski definition) is 0. The summed E-state index contributed by atoms with van der Waals surface area (Å²) < 4.78 is 0. The fourth-order valence-corrected chi connectivity index (χ4v) is 4.95. The van der Waals surface area contributed by atoms with E-state index in [0.29, 0.717) is 5.92 Å². The molecule has 0 N–H and O–H groups in total. The lowest BCUT2D eigenvalue weighted by atomic mass is 9.72. The minimum atomic E-state index is 0.00194. The highest BCUT2D eigenvalue weighted by molar-refractivity contribution is 6.27. The van der Waals surface area contributed by atoms with Gasteiger partial charge in [0.15, 0.2) is 0 Å². The Morgan fingerprint density at radius 3 is 1.56 bits per heavy atom. The van der Waals surface area contributed by atoms with Gasteiger partial charge >= 0.3 is 0 Å². The zero-order valence-corrected chi connectivity index (χ0v) is 13.3. The maximum atomic E-state index is 6.94. The normalized spacial score (nSPS) is 32.8. The summed E-state index contributed by atoms with van der Waals surface area (Å²) in [6.07, 6.45) is 13.1. The van der Waals surface area contributed by atoms with Crippen molar-refractivity contribution in [1.29, 1.82) is 0 Å². The second kappa shape index (κ2) is 4.71. The first kappa shape index (κ1) is 13.8. The predicted molar refractivity (Wildman–Crippen MR) is 80.0 cm³/mol. The van der Waals surface area contributed by atoms with E-state index in [1.807, 2.05) is 0 Å². The Bertz CT molecular complexity index is 312. The minimum Gasteiger partial charge on any atom is -0.119 e. The molecule has 0 aromatic rings. The van der Waals surface area contributed by atoms with Gasteiger partial charge < -0.3 is 0 Å². The molecule has 0 radical (unpaired) electrons. The third-order valence-electron chi connectivity index (χ3n) is 5.43. The molecule has 0 spiro atoms. The van der Waals surface area contributed by atoms with E-state index in [1.54, 1.807) is 0 Å². The summed E-state index contributed by atoms with van der Waals surface area (Å²) >= 11 is 20.2. The van der Waals surface area contributed by atoms with Crippen LogP contribution in [-0.2, 0) is 0 Å². The van der Waals surface area contributed by atoms with Crippen LogP contribution < -0.4 is 0 Å². The van der Waals surface area contributed by atoms with Crippen LogP contribution in [0, 0.1) is 5.92 Å². The monoisotopic (exact) mass is 308 g/mol. The number of halogens is 3. The van der Waals surface area contributed by atoms with Gasteiger partial charge in [0, 0.05) is 14.6 Å². The maximum absolute atomic E-state index is 6.94. The molecule has 3 heteroatoms. The van der Waals surface area contributed by atoms with Crippen LogP contribution in [0.5, 0.6) is 0 Å². The van der Waals surface area contributed by atoms with E-state index in [0.717, 1.165) is 12.8 Å². The molecular formula is C15H23Cl3. The molecule has 0 saturated heterocycles. The highest BCUT2D eigenvalue weighted by Gasteiger charge is 2.51. The standard InChI is InChI=1S/C15H23Cl3/c16-13(4-3-5-13)10-12(11-14(17)8-9-14)15(18)6-1-2-7-15/h12H,1-11H2. The molecule has 3 rings (SSSR count). The van der Waals surface area contributed by atoms with Crippen LogP contribution >= 0.6 is 34.8 Å². The predicted octanol–water partition coefficient (Wildman–Crippen LogP) is 5.87. The lowest BCUT2D eigenvalue weighted by Crippen LogP contribution is -2.40. The first-order valence-electron chi connectivity index (χ1n) is 7.50. The first-order chi connectivity index (χ1) is 8.43. The van der Waals surface area contributed by atoms with Crippen LogP contribution in [0.2, 0.25) is 0 Å². The van der Waals surface area contributed by atoms with Crippen molar-refractivity contribution in [3.05, 3.63) is 0 Å². The van der Waals surface area contributed by atoms with Gasteiger partial charge in [0.1, 0.15) is 0 Å². The number of rotatable bonds is 5. The molecule has 3 fully saturated rings. The molecule has 0 aliphatic heterocycles. The Morgan fingerprint density at radius 2 is 1.17 bits per heavy atom. The average Bonchev–Trinajstić information content (AvgIpc) is 2.83. The van der Waals surface area contributed by atoms with Gasteiger partial charge in [0.25, 0.3) is 0 Å². The van der Waals surface area contributed by atoms with Crippen molar-refractivity contribution in [2.24, 2.45) is 5.92 Å². The Morgan fingerprint density at radius 1 is 0.667 bits per heavy atom. The Kier molecular flexibility index (Phi) is 3.62. The Balaban J connectivity index is 1.70. The topological polar surface area (TPSA) is 0 Å². The quantitative estimate of drug-likeness (QED) is 0.557. The molecule has 0 heterocycles. The number of hydrogen-bond donors (Lipinski definition) is 0. The zero-order chi connectivity index (χ0) is 12.9. The molecule has 104 valence electrons. The van der Waals surface area contributed by atoms with Crippen molar-refractivity contribution in [2.75, 3.05) is 0 Å². The van der Waals surface area contributed by atoms with E-state index in [-0.39, 0.29) is 14.6 Å². The lowest BCUT2D eigenvalue weighted by molar-refractivity contribution is 0.226. The summed E-state index contributed by atoms with van der Waals surface area (Å²) in [6, 6.07) is 0. The summed E-state index contributed by atoms with van der Waals surface area (Å²) in [7, 11) is 0. The van der Waals surface area contributed by atoms with E-state index >= 15 is 0 Å². The van der Waals surface area contributed by atoms with E-state index in [9.17, 15) is 0 Å². The molecule has 1 atom stereocenters. The average molecular weight is 310 g/mol. The van der Waals surface area contributed by atoms with Crippen LogP contribution in [0.1, 0.15) is 70.6 Å². The summed E-state index contributed by atoms with van der Waals surface area (Å²) in [6.45, 7) is 0. The lowest BCUT2D eigenvalue weighted by Gasteiger charge is -2.43. The van der Waals surface area contributed by atoms with E-state index < -0.39 is 0 Å². The largest absolute Gasteiger partial charge is 0.119 e. The van der Waals surface area contributed by atoms with Crippen LogP contribution in [0.4, 0.5) is 0 Å². The van der Waals surface area contributed by atoms with Crippen LogP contribution in [0.15, 0.2) is 0 Å². The zero-order valence-electron chi connectivity index (χ0n) is 11.0. The third kappa shape index (κ3) is 2.81. The summed E-state index contributed by atoms with van der Waals surface area (Å²) in [5.41, 5.74) is 0. The molecule has 0 bridgehead atoms. The van der Waals surface area contributed by atoms with Crippen LogP contribution in [-0.4, -0.2) is 14.6 Å². The summed E-state index contributed by atoms with van der Waals surface area (Å²) in [5.74, 6) is 0.527. The molecule has 0 amide bonds. The fraction of sp³-hybridized carbons (Fsp3) is 1.00. The fourth-order valence-electron chi connectivity index (χ4n) is 3.80. The van der Waals surface area contributed by atoms with Crippen molar-refractivity contribution in [2.45, 2.75) is 85.3 Å². The molecule has 0 aromatic carbocycles. The van der Waals surface area contributed by atoms with E-state index in [2.05, 4.69) is 0 Å². The van der Waals surface area contributed by atoms with Gasteiger partial charge in [-0.1, -0.05) is 12.8 Å². The van der Waals surface area contributed by atoms with Gasteiger partial charge in [0.05, 0.1) is 0 Å². The highest BCUT2D eigenvalue weighted by atomic mass is 35.5.